The highest BCUT2D eigenvalue weighted by Gasteiger charge is 2.26. The van der Waals surface area contributed by atoms with Crippen LogP contribution in [-0.2, 0) is 6.54 Å². The van der Waals surface area contributed by atoms with E-state index in [2.05, 4.69) is 20.9 Å². The molecule has 0 fully saturated rings. The summed E-state index contributed by atoms with van der Waals surface area (Å²) in [7, 11) is 0. The van der Waals surface area contributed by atoms with E-state index in [1.807, 2.05) is 13.8 Å². The van der Waals surface area contributed by atoms with Gasteiger partial charge in [-0.15, -0.1) is 0 Å². The van der Waals surface area contributed by atoms with E-state index in [-0.39, 0.29) is 23.6 Å². The monoisotopic (exact) mass is 468 g/mol. The highest BCUT2D eigenvalue weighted by atomic mass is 79.9. The molecule has 0 atom stereocenters. The lowest BCUT2D eigenvalue weighted by Crippen LogP contribution is -2.41. The van der Waals surface area contributed by atoms with Crippen molar-refractivity contribution >= 4 is 33.3 Å². The number of halogens is 2. The number of carbonyl (C=O) groups excluding carboxylic acids is 1. The van der Waals surface area contributed by atoms with Crippen molar-refractivity contribution in [3.05, 3.63) is 54.9 Å². The van der Waals surface area contributed by atoms with Crippen LogP contribution in [0, 0.1) is 5.82 Å². The Kier molecular flexibility index (Phi) is 8.19. The molecule has 2 rings (SSSR count). The molecule has 0 aliphatic heterocycles. The quantitative estimate of drug-likeness (QED) is 0.548. The number of nitrogens with two attached hydrogens (primary N) is 1. The number of unbranched alkanes of at least 4 members (excludes halogenated alkanes) is 3. The zero-order valence-corrected chi connectivity index (χ0v) is 18.2. The van der Waals surface area contributed by atoms with E-state index in [1.54, 1.807) is 0 Å². The lowest BCUT2D eigenvalue weighted by molar-refractivity contribution is 0.0985. The van der Waals surface area contributed by atoms with Crippen molar-refractivity contribution in [2.75, 3.05) is 17.2 Å². The van der Waals surface area contributed by atoms with Crippen LogP contribution >= 0.6 is 15.9 Å². The number of hydrogen-bond donors (Lipinski definition) is 2. The molecule has 1 heterocycles. The van der Waals surface area contributed by atoms with Crippen molar-refractivity contribution in [1.29, 1.82) is 0 Å². The van der Waals surface area contributed by atoms with Crippen molar-refractivity contribution in [3.8, 4) is 0 Å². The van der Waals surface area contributed by atoms with E-state index in [0.29, 0.717) is 23.9 Å². The number of benzene rings is 1. The molecule has 2 aromatic rings. The standard InChI is InChI=1S/C20H26BrFN4O3/c1-3-5-7-11-25(19(28)14-12-13(22)8-9-15(14)21)16-17(23)26(10-6-4-2)20(29)24-18(16)27/h8-9,12H,3-7,10-11,23H2,1-2H3,(H,24,27,29). The molecule has 3 N–H and O–H groups in total. The Balaban J connectivity index is 2.60. The van der Waals surface area contributed by atoms with Gasteiger partial charge >= 0.3 is 5.69 Å². The van der Waals surface area contributed by atoms with Gasteiger partial charge in [0.25, 0.3) is 11.5 Å². The maximum Gasteiger partial charge on any atom is 0.330 e. The number of nitrogens with zero attached hydrogens (tertiary/aromatic N) is 2. The first-order chi connectivity index (χ1) is 13.8. The number of anilines is 2. The van der Waals surface area contributed by atoms with Gasteiger partial charge in [0.1, 0.15) is 11.6 Å². The summed E-state index contributed by atoms with van der Waals surface area (Å²) in [5.74, 6) is -1.20. The first-order valence-corrected chi connectivity index (χ1v) is 10.5. The van der Waals surface area contributed by atoms with Crippen LogP contribution in [0.1, 0.15) is 56.3 Å². The first kappa shape index (κ1) is 22.9. The minimum atomic E-state index is -0.738. The Labute approximate surface area is 176 Å². The van der Waals surface area contributed by atoms with Crippen molar-refractivity contribution in [1.82, 2.24) is 9.55 Å². The zero-order chi connectivity index (χ0) is 21.6. The molecule has 0 radical (unpaired) electrons. The molecule has 0 saturated heterocycles. The van der Waals surface area contributed by atoms with Crippen LogP contribution in [0.5, 0.6) is 0 Å². The van der Waals surface area contributed by atoms with Gasteiger partial charge in [0.15, 0.2) is 5.69 Å². The molecule has 1 aromatic heterocycles. The lowest BCUT2D eigenvalue weighted by atomic mass is 10.1. The lowest BCUT2D eigenvalue weighted by Gasteiger charge is -2.25. The molecule has 9 heteroatoms. The van der Waals surface area contributed by atoms with Crippen molar-refractivity contribution in [2.45, 2.75) is 52.5 Å². The second-order valence-electron chi connectivity index (χ2n) is 6.79. The van der Waals surface area contributed by atoms with E-state index >= 15 is 0 Å². The van der Waals surface area contributed by atoms with E-state index < -0.39 is 23.0 Å². The highest BCUT2D eigenvalue weighted by Crippen LogP contribution is 2.25. The average Bonchev–Trinajstić information content (AvgIpc) is 2.68. The summed E-state index contributed by atoms with van der Waals surface area (Å²) in [5, 5.41) is 0. The van der Waals surface area contributed by atoms with Gasteiger partial charge in [-0.3, -0.25) is 19.1 Å². The molecule has 0 aliphatic rings. The minimum Gasteiger partial charge on any atom is -0.383 e. The Morgan fingerprint density at radius 3 is 2.55 bits per heavy atom. The van der Waals surface area contributed by atoms with Crippen LogP contribution in [0.25, 0.3) is 0 Å². The molecular weight excluding hydrogens is 443 g/mol. The number of amides is 1. The van der Waals surface area contributed by atoms with E-state index in [1.165, 1.54) is 21.6 Å². The fourth-order valence-electron chi connectivity index (χ4n) is 3.02. The molecule has 7 nitrogen and oxygen atoms in total. The van der Waals surface area contributed by atoms with Gasteiger partial charge in [-0.2, -0.15) is 0 Å². The van der Waals surface area contributed by atoms with E-state index in [9.17, 15) is 18.8 Å². The van der Waals surface area contributed by atoms with E-state index in [0.717, 1.165) is 25.3 Å². The molecular formula is C20H26BrFN4O3. The largest absolute Gasteiger partial charge is 0.383 e. The molecule has 0 aliphatic carbocycles. The summed E-state index contributed by atoms with van der Waals surface area (Å²) in [6.07, 6.45) is 3.89. The van der Waals surface area contributed by atoms with Crippen LogP contribution < -0.4 is 21.9 Å². The number of aromatic nitrogens is 2. The zero-order valence-electron chi connectivity index (χ0n) is 16.6. The molecule has 158 valence electrons. The van der Waals surface area contributed by atoms with Gasteiger partial charge < -0.3 is 10.6 Å². The summed E-state index contributed by atoms with van der Waals surface area (Å²) in [6.45, 7) is 4.53. The second-order valence-corrected chi connectivity index (χ2v) is 7.64. The van der Waals surface area contributed by atoms with Crippen molar-refractivity contribution in [2.24, 2.45) is 0 Å². The van der Waals surface area contributed by atoms with Crippen molar-refractivity contribution in [3.63, 3.8) is 0 Å². The Hall–Kier alpha value is -2.42. The summed E-state index contributed by atoms with van der Waals surface area (Å²) in [4.78, 5) is 41.6. The van der Waals surface area contributed by atoms with Gasteiger partial charge in [0.05, 0.1) is 5.56 Å². The smallest absolute Gasteiger partial charge is 0.330 e. The Morgan fingerprint density at radius 2 is 1.90 bits per heavy atom. The maximum atomic E-state index is 13.8. The number of hydrogen-bond acceptors (Lipinski definition) is 4. The third-order valence-electron chi connectivity index (χ3n) is 4.61. The van der Waals surface area contributed by atoms with Crippen molar-refractivity contribution < 1.29 is 9.18 Å². The summed E-state index contributed by atoms with van der Waals surface area (Å²) < 4.78 is 15.4. The third kappa shape index (κ3) is 5.35. The topological polar surface area (TPSA) is 101 Å². The second kappa shape index (κ2) is 10.4. The van der Waals surface area contributed by atoms with Crippen LogP contribution in [0.15, 0.2) is 32.3 Å². The summed E-state index contributed by atoms with van der Waals surface area (Å²) in [5.41, 5.74) is 4.82. The molecule has 1 aromatic carbocycles. The number of aromatic amines is 1. The SMILES string of the molecule is CCCCCN(C(=O)c1cc(F)ccc1Br)c1c(N)n(CCCC)c(=O)[nH]c1=O. The normalized spacial score (nSPS) is 10.9. The van der Waals surface area contributed by atoms with Gasteiger partial charge in [-0.05, 0) is 47.0 Å². The maximum absolute atomic E-state index is 13.8. The number of H-pyrrole nitrogens is 1. The Bertz CT molecular complexity index is 987. The molecule has 0 saturated carbocycles. The van der Waals surface area contributed by atoms with Gasteiger partial charge in [-0.1, -0.05) is 33.1 Å². The predicted molar refractivity (Wildman–Crippen MR) is 116 cm³/mol. The minimum absolute atomic E-state index is 0.0652. The molecule has 1 amide bonds. The van der Waals surface area contributed by atoms with Gasteiger partial charge in [0, 0.05) is 17.6 Å². The van der Waals surface area contributed by atoms with Crippen LogP contribution in [0.4, 0.5) is 15.9 Å². The average molecular weight is 469 g/mol. The predicted octanol–water partition coefficient (Wildman–Crippen LogP) is 3.66. The fraction of sp³-hybridized carbons (Fsp3) is 0.450. The number of rotatable bonds is 9. The fourth-order valence-corrected chi connectivity index (χ4v) is 3.43. The molecule has 0 spiro atoms. The summed E-state index contributed by atoms with van der Waals surface area (Å²) >= 11 is 3.26. The third-order valence-corrected chi connectivity index (χ3v) is 5.30. The van der Waals surface area contributed by atoms with Gasteiger partial charge in [0.2, 0.25) is 0 Å². The van der Waals surface area contributed by atoms with Crippen LogP contribution in [0.2, 0.25) is 0 Å². The van der Waals surface area contributed by atoms with Gasteiger partial charge in [-0.25, -0.2) is 9.18 Å². The number of carbonyl (C=O) groups is 1. The van der Waals surface area contributed by atoms with Crippen LogP contribution in [0.3, 0.4) is 0 Å². The number of nitrogens with one attached hydrogen (secondary N) is 1. The van der Waals surface area contributed by atoms with Crippen LogP contribution in [-0.4, -0.2) is 22.0 Å². The van der Waals surface area contributed by atoms with E-state index in [4.69, 9.17) is 5.73 Å². The Morgan fingerprint density at radius 1 is 1.21 bits per heavy atom. The number of nitrogen functional groups attached to an aromatic ring is 1. The highest BCUT2D eigenvalue weighted by molar-refractivity contribution is 9.10. The first-order valence-electron chi connectivity index (χ1n) is 9.71. The molecule has 0 bridgehead atoms. The molecule has 29 heavy (non-hydrogen) atoms. The summed E-state index contributed by atoms with van der Waals surface area (Å²) in [6, 6.07) is 3.77. The molecule has 0 unspecified atom stereocenters.